The molecule has 1 fully saturated rings. The minimum atomic E-state index is -3.93. The molecule has 0 aliphatic carbocycles. The van der Waals surface area contributed by atoms with Crippen LogP contribution in [0.5, 0.6) is 5.75 Å². The van der Waals surface area contributed by atoms with E-state index >= 15 is 0 Å². The largest absolute Gasteiger partial charge is 0.495 e. The summed E-state index contributed by atoms with van der Waals surface area (Å²) in [5, 5.41) is 9.51. The molecule has 0 aromatic heterocycles. The molecule has 1 heterocycles. The molecule has 35 heavy (non-hydrogen) atoms. The lowest BCUT2D eigenvalue weighted by Gasteiger charge is -2.38. The molecule has 184 valence electrons. The number of nitrogens with one attached hydrogen (secondary N) is 1. The summed E-state index contributed by atoms with van der Waals surface area (Å²) >= 11 is 0. The summed E-state index contributed by atoms with van der Waals surface area (Å²) in [6.45, 7) is 6.22. The molecule has 0 atom stereocenters. The number of carboxylic acids is 1. The zero-order chi connectivity index (χ0) is 25.2. The number of para-hydroxylation sites is 2. The van der Waals surface area contributed by atoms with Gasteiger partial charge >= 0.3 is 5.97 Å². The van der Waals surface area contributed by atoms with Crippen molar-refractivity contribution in [2.75, 3.05) is 47.8 Å². The number of nitrogens with zero attached hydrogens (tertiary/aromatic N) is 2. The lowest BCUT2D eigenvalue weighted by molar-refractivity contribution is 0.0697. The molecule has 3 aromatic rings. The molecule has 1 aliphatic rings. The van der Waals surface area contributed by atoms with E-state index in [9.17, 15) is 18.3 Å². The van der Waals surface area contributed by atoms with Crippen LogP contribution in [0.25, 0.3) is 0 Å². The molecule has 1 saturated heterocycles. The fourth-order valence-electron chi connectivity index (χ4n) is 4.30. The van der Waals surface area contributed by atoms with Gasteiger partial charge in [0, 0.05) is 26.2 Å². The van der Waals surface area contributed by atoms with Crippen LogP contribution in [0.3, 0.4) is 0 Å². The van der Waals surface area contributed by atoms with Crippen LogP contribution in [0, 0.1) is 13.8 Å². The van der Waals surface area contributed by atoms with E-state index in [4.69, 9.17) is 4.74 Å². The van der Waals surface area contributed by atoms with E-state index in [-0.39, 0.29) is 16.1 Å². The van der Waals surface area contributed by atoms with Crippen LogP contribution in [0.1, 0.15) is 21.5 Å². The summed E-state index contributed by atoms with van der Waals surface area (Å²) in [4.78, 5) is 16.1. The number of benzene rings is 3. The molecule has 0 amide bonds. The number of aryl methyl sites for hydroxylation is 2. The first-order valence-corrected chi connectivity index (χ1v) is 12.8. The number of hydrogen-bond acceptors (Lipinski definition) is 6. The van der Waals surface area contributed by atoms with Crippen molar-refractivity contribution < 1.29 is 23.1 Å². The molecule has 0 unspecified atom stereocenters. The molecule has 0 radical (unpaired) electrons. The highest BCUT2D eigenvalue weighted by atomic mass is 32.2. The topological polar surface area (TPSA) is 99.2 Å². The van der Waals surface area contributed by atoms with Crippen molar-refractivity contribution in [1.29, 1.82) is 0 Å². The Morgan fingerprint density at radius 2 is 1.57 bits per heavy atom. The van der Waals surface area contributed by atoms with E-state index in [0.717, 1.165) is 17.0 Å². The van der Waals surface area contributed by atoms with E-state index in [1.807, 2.05) is 37.3 Å². The van der Waals surface area contributed by atoms with E-state index in [0.29, 0.717) is 37.4 Å². The number of aromatic carboxylic acids is 1. The van der Waals surface area contributed by atoms with E-state index < -0.39 is 16.0 Å². The molecule has 9 heteroatoms. The molecule has 4 rings (SSSR count). The van der Waals surface area contributed by atoms with Gasteiger partial charge in [0.2, 0.25) is 0 Å². The second-order valence-electron chi connectivity index (χ2n) is 8.56. The Bertz CT molecular complexity index is 1350. The standard InChI is InChI=1S/C26H29N3O5S/c1-18-8-9-19(2)25(16-18)35(32,33)27-21-17-20(26(30)31)10-11-22(21)28-12-14-29(15-13-28)23-6-4-5-7-24(23)34-3/h4-11,16-17,27H,12-15H2,1-3H3,(H,30,31). The summed E-state index contributed by atoms with van der Waals surface area (Å²) in [7, 11) is -2.28. The normalized spacial score (nSPS) is 14.0. The van der Waals surface area contributed by atoms with Crippen molar-refractivity contribution in [3.8, 4) is 5.75 Å². The maximum absolute atomic E-state index is 13.3. The van der Waals surface area contributed by atoms with Crippen LogP contribution >= 0.6 is 0 Å². The van der Waals surface area contributed by atoms with Crippen LogP contribution in [0.15, 0.2) is 65.6 Å². The third-order valence-electron chi connectivity index (χ3n) is 6.17. The Kier molecular flexibility index (Phi) is 6.88. The lowest BCUT2D eigenvalue weighted by Crippen LogP contribution is -2.46. The van der Waals surface area contributed by atoms with Crippen molar-refractivity contribution in [2.24, 2.45) is 0 Å². The number of carboxylic acid groups (broad SMARTS) is 1. The summed E-state index contributed by atoms with van der Waals surface area (Å²) in [6, 6.07) is 17.6. The minimum Gasteiger partial charge on any atom is -0.495 e. The van der Waals surface area contributed by atoms with Gasteiger partial charge in [-0.15, -0.1) is 0 Å². The van der Waals surface area contributed by atoms with E-state index in [1.54, 1.807) is 32.2 Å². The van der Waals surface area contributed by atoms with Crippen LogP contribution < -0.4 is 19.3 Å². The predicted octanol–water partition coefficient (Wildman–Crippen LogP) is 4.14. The zero-order valence-electron chi connectivity index (χ0n) is 20.0. The molecule has 1 aliphatic heterocycles. The van der Waals surface area contributed by atoms with Gasteiger partial charge in [0.15, 0.2) is 0 Å². The van der Waals surface area contributed by atoms with Crippen molar-refractivity contribution in [2.45, 2.75) is 18.7 Å². The number of anilines is 3. The molecule has 0 spiro atoms. The molecule has 0 saturated carbocycles. The van der Waals surface area contributed by atoms with Crippen molar-refractivity contribution in [3.05, 3.63) is 77.4 Å². The molecular formula is C26H29N3O5S. The highest BCUT2D eigenvalue weighted by Crippen LogP contribution is 2.33. The summed E-state index contributed by atoms with van der Waals surface area (Å²) in [6.07, 6.45) is 0. The van der Waals surface area contributed by atoms with Crippen molar-refractivity contribution >= 4 is 33.1 Å². The molecular weight excluding hydrogens is 466 g/mol. The van der Waals surface area contributed by atoms with Gasteiger partial charge in [-0.25, -0.2) is 13.2 Å². The first-order chi connectivity index (χ1) is 16.7. The summed E-state index contributed by atoms with van der Waals surface area (Å²) in [5.41, 5.74) is 3.35. The van der Waals surface area contributed by atoms with Crippen LogP contribution in [-0.2, 0) is 10.0 Å². The van der Waals surface area contributed by atoms with Crippen molar-refractivity contribution in [3.63, 3.8) is 0 Å². The van der Waals surface area contributed by atoms with Gasteiger partial charge in [-0.3, -0.25) is 4.72 Å². The maximum Gasteiger partial charge on any atom is 0.335 e. The van der Waals surface area contributed by atoms with Gasteiger partial charge < -0.3 is 19.6 Å². The van der Waals surface area contributed by atoms with E-state index in [1.165, 1.54) is 12.1 Å². The average Bonchev–Trinajstić information content (AvgIpc) is 2.85. The Labute approximate surface area is 205 Å². The van der Waals surface area contributed by atoms with Crippen LogP contribution in [0.4, 0.5) is 17.1 Å². The second-order valence-corrected chi connectivity index (χ2v) is 10.2. The van der Waals surface area contributed by atoms with Crippen LogP contribution in [0.2, 0.25) is 0 Å². The lowest BCUT2D eigenvalue weighted by atomic mass is 10.1. The first-order valence-electron chi connectivity index (χ1n) is 11.3. The van der Waals surface area contributed by atoms with Gasteiger partial charge in [-0.05, 0) is 61.4 Å². The number of ether oxygens (including phenoxy) is 1. The molecule has 0 bridgehead atoms. The summed E-state index contributed by atoms with van der Waals surface area (Å²) in [5.74, 6) is -0.321. The minimum absolute atomic E-state index is 0.0140. The highest BCUT2D eigenvalue weighted by molar-refractivity contribution is 7.92. The van der Waals surface area contributed by atoms with Crippen molar-refractivity contribution in [1.82, 2.24) is 0 Å². The molecule has 8 nitrogen and oxygen atoms in total. The quantitative estimate of drug-likeness (QED) is 0.508. The maximum atomic E-state index is 13.3. The Balaban J connectivity index is 1.63. The van der Waals surface area contributed by atoms with Crippen LogP contribution in [-0.4, -0.2) is 52.8 Å². The number of rotatable bonds is 7. The predicted molar refractivity (Wildman–Crippen MR) is 138 cm³/mol. The fourth-order valence-corrected chi connectivity index (χ4v) is 5.70. The van der Waals surface area contributed by atoms with Gasteiger partial charge in [0.1, 0.15) is 5.75 Å². The monoisotopic (exact) mass is 495 g/mol. The van der Waals surface area contributed by atoms with E-state index in [2.05, 4.69) is 14.5 Å². The third kappa shape index (κ3) is 5.19. The SMILES string of the molecule is COc1ccccc1N1CCN(c2ccc(C(=O)O)cc2NS(=O)(=O)c2cc(C)ccc2C)CC1. The number of hydrogen-bond donors (Lipinski definition) is 2. The van der Waals surface area contributed by atoms with Gasteiger partial charge in [-0.2, -0.15) is 0 Å². The van der Waals surface area contributed by atoms with Gasteiger partial charge in [-0.1, -0.05) is 24.3 Å². The fraction of sp³-hybridized carbons (Fsp3) is 0.269. The Hall–Kier alpha value is -3.72. The highest BCUT2D eigenvalue weighted by Gasteiger charge is 2.25. The molecule has 2 N–H and O–H groups in total. The zero-order valence-corrected chi connectivity index (χ0v) is 20.8. The summed E-state index contributed by atoms with van der Waals surface area (Å²) < 4.78 is 34.7. The van der Waals surface area contributed by atoms with Gasteiger partial charge in [0.05, 0.1) is 34.6 Å². The number of sulfonamides is 1. The number of methoxy groups -OCH3 is 1. The second kappa shape index (κ2) is 9.87. The molecule has 3 aromatic carbocycles. The Morgan fingerprint density at radius 3 is 2.23 bits per heavy atom. The smallest absolute Gasteiger partial charge is 0.335 e. The number of piperazine rings is 1. The Morgan fingerprint density at radius 1 is 0.914 bits per heavy atom. The van der Waals surface area contributed by atoms with Gasteiger partial charge in [0.25, 0.3) is 10.0 Å². The number of carbonyl (C=O) groups is 1. The average molecular weight is 496 g/mol. The first kappa shape index (κ1) is 24.4. The third-order valence-corrected chi connectivity index (χ3v) is 7.67.